The fourth-order valence-electron chi connectivity index (χ4n) is 4.84. The molecular weight excluding hydrogens is 533 g/mol. The van der Waals surface area contributed by atoms with Crippen LogP contribution in [0, 0.1) is 0 Å². The zero-order chi connectivity index (χ0) is 29.0. The van der Waals surface area contributed by atoms with Crippen molar-refractivity contribution < 1.29 is 18.0 Å². The number of hydrogen-bond donors (Lipinski definition) is 1. The van der Waals surface area contributed by atoms with E-state index >= 15 is 0 Å². The number of aromatic nitrogens is 6. The van der Waals surface area contributed by atoms with Gasteiger partial charge >= 0.3 is 11.9 Å². The van der Waals surface area contributed by atoms with Crippen molar-refractivity contribution in [3.05, 3.63) is 106 Å². The van der Waals surface area contributed by atoms with Crippen molar-refractivity contribution in [2.24, 2.45) is 0 Å². The van der Waals surface area contributed by atoms with E-state index < -0.39 is 23.2 Å². The van der Waals surface area contributed by atoms with Gasteiger partial charge in [0.15, 0.2) is 5.82 Å². The van der Waals surface area contributed by atoms with Crippen molar-refractivity contribution in [1.82, 2.24) is 29.8 Å². The molecule has 2 aromatic heterocycles. The summed E-state index contributed by atoms with van der Waals surface area (Å²) in [6, 6.07) is 20.7. The number of benzene rings is 3. The summed E-state index contributed by atoms with van der Waals surface area (Å²) in [6.45, 7) is 2.28. The Morgan fingerprint density at radius 2 is 1.63 bits per heavy atom. The number of halogens is 3. The van der Waals surface area contributed by atoms with Gasteiger partial charge in [-0.1, -0.05) is 80.4 Å². The number of alkyl halides is 3. The smallest absolute Gasteiger partial charge is 0.292 e. The molecule has 0 spiro atoms. The van der Waals surface area contributed by atoms with Crippen LogP contribution in [-0.4, -0.2) is 41.7 Å². The molecule has 41 heavy (non-hydrogen) atoms. The Morgan fingerprint density at radius 3 is 2.32 bits per heavy atom. The van der Waals surface area contributed by atoms with E-state index in [1.54, 1.807) is 10.8 Å². The Balaban J connectivity index is 1.50. The molecule has 0 aliphatic rings. The number of rotatable bonds is 10. The van der Waals surface area contributed by atoms with E-state index in [-0.39, 0.29) is 12.2 Å². The summed E-state index contributed by atoms with van der Waals surface area (Å²) in [4.78, 5) is 25.8. The maximum absolute atomic E-state index is 13.6. The van der Waals surface area contributed by atoms with Crippen molar-refractivity contribution >= 4 is 5.78 Å². The second kappa shape index (κ2) is 11.7. The Hall–Kier alpha value is -4.80. The highest BCUT2D eigenvalue weighted by molar-refractivity contribution is 6.03. The van der Waals surface area contributed by atoms with Gasteiger partial charge in [-0.25, -0.2) is 9.89 Å². The third kappa shape index (κ3) is 5.88. The molecule has 0 atom stereocenters. The molecule has 3 aromatic carbocycles. The first-order valence-electron chi connectivity index (χ1n) is 13.2. The fraction of sp³-hybridized carbons (Fsp3) is 0.233. The number of Topliss-reactive ketones (excluding diaryl/α,β-unsaturated/α-hetero) is 1. The lowest BCUT2D eigenvalue weighted by Crippen LogP contribution is -2.28. The summed E-state index contributed by atoms with van der Waals surface area (Å²) >= 11 is 0. The van der Waals surface area contributed by atoms with Crippen LogP contribution in [0.25, 0.3) is 28.2 Å². The number of imidazole rings is 1. The van der Waals surface area contributed by atoms with Gasteiger partial charge < -0.3 is 0 Å². The SMILES string of the molecule is CCCCCc1cn(-c2ccccc2C(=O)C(F)(F)F)c(=O)n1Cc1ccc(-c2ccccc2-c2nnn[nH]2)cc1. The van der Waals surface area contributed by atoms with Crippen LogP contribution in [0.5, 0.6) is 0 Å². The lowest BCUT2D eigenvalue weighted by atomic mass is 9.98. The molecule has 0 saturated carbocycles. The van der Waals surface area contributed by atoms with Crippen LogP contribution < -0.4 is 5.69 Å². The number of unbranched alkanes of at least 4 members (excludes halogenated alkanes) is 2. The number of carbonyl (C=O) groups is 1. The number of carbonyl (C=O) groups excluding carboxylic acids is 1. The Bertz CT molecular complexity index is 1700. The van der Waals surface area contributed by atoms with Gasteiger partial charge in [-0.3, -0.25) is 13.9 Å². The summed E-state index contributed by atoms with van der Waals surface area (Å²) in [7, 11) is 0. The molecule has 11 heteroatoms. The van der Waals surface area contributed by atoms with Gasteiger partial charge in [0.25, 0.3) is 5.78 Å². The first-order valence-corrected chi connectivity index (χ1v) is 13.2. The Labute approximate surface area is 233 Å². The zero-order valence-electron chi connectivity index (χ0n) is 22.2. The average Bonchev–Trinajstić information content (AvgIpc) is 3.62. The molecule has 0 aliphatic carbocycles. The van der Waals surface area contributed by atoms with Gasteiger partial charge in [-0.2, -0.15) is 13.2 Å². The number of aryl methyl sites for hydroxylation is 1. The van der Waals surface area contributed by atoms with Crippen LogP contribution in [0.15, 0.2) is 83.8 Å². The second-order valence-corrected chi connectivity index (χ2v) is 9.65. The summed E-state index contributed by atoms with van der Waals surface area (Å²) in [5, 5.41) is 14.1. The lowest BCUT2D eigenvalue weighted by molar-refractivity contribution is -0.0885. The normalized spacial score (nSPS) is 11.6. The highest BCUT2D eigenvalue weighted by Crippen LogP contribution is 2.30. The van der Waals surface area contributed by atoms with Crippen LogP contribution in [0.2, 0.25) is 0 Å². The van der Waals surface area contributed by atoms with Crippen molar-refractivity contribution in [2.45, 2.75) is 45.3 Å². The molecule has 0 saturated heterocycles. The second-order valence-electron chi connectivity index (χ2n) is 9.65. The number of ketones is 1. The van der Waals surface area contributed by atoms with Gasteiger partial charge in [-0.05, 0) is 52.1 Å². The highest BCUT2D eigenvalue weighted by Gasteiger charge is 2.40. The minimum Gasteiger partial charge on any atom is -0.292 e. The molecule has 0 aliphatic heterocycles. The monoisotopic (exact) mass is 560 g/mol. The molecule has 210 valence electrons. The highest BCUT2D eigenvalue weighted by atomic mass is 19.4. The van der Waals surface area contributed by atoms with Crippen molar-refractivity contribution in [3.63, 3.8) is 0 Å². The van der Waals surface area contributed by atoms with E-state index in [1.807, 2.05) is 48.5 Å². The molecule has 0 bridgehead atoms. The minimum atomic E-state index is -5.06. The molecule has 5 aromatic rings. The largest absolute Gasteiger partial charge is 0.454 e. The number of nitrogens with zero attached hydrogens (tertiary/aromatic N) is 5. The molecule has 8 nitrogen and oxygen atoms in total. The van der Waals surface area contributed by atoms with E-state index in [2.05, 4.69) is 27.5 Å². The summed E-state index contributed by atoms with van der Waals surface area (Å²) in [5.74, 6) is -1.45. The maximum atomic E-state index is 13.6. The maximum Gasteiger partial charge on any atom is 0.454 e. The first-order chi connectivity index (χ1) is 19.8. The molecule has 0 radical (unpaired) electrons. The van der Waals surface area contributed by atoms with E-state index in [4.69, 9.17) is 0 Å². The topological polar surface area (TPSA) is 98.5 Å². The van der Waals surface area contributed by atoms with E-state index in [0.29, 0.717) is 17.9 Å². The Kier molecular flexibility index (Phi) is 7.95. The number of nitrogens with one attached hydrogen (secondary N) is 1. The number of para-hydroxylation sites is 1. The number of H-pyrrole nitrogens is 1. The molecule has 0 unspecified atom stereocenters. The van der Waals surface area contributed by atoms with Crippen LogP contribution in [0.1, 0.15) is 47.8 Å². The van der Waals surface area contributed by atoms with Crippen molar-refractivity contribution in [2.75, 3.05) is 0 Å². The van der Waals surface area contributed by atoms with Gasteiger partial charge in [0.2, 0.25) is 0 Å². The zero-order valence-corrected chi connectivity index (χ0v) is 22.2. The van der Waals surface area contributed by atoms with Crippen molar-refractivity contribution in [1.29, 1.82) is 0 Å². The average molecular weight is 561 g/mol. The van der Waals surface area contributed by atoms with E-state index in [0.717, 1.165) is 52.1 Å². The Morgan fingerprint density at radius 1 is 0.927 bits per heavy atom. The lowest BCUT2D eigenvalue weighted by Gasteiger charge is -2.11. The van der Waals surface area contributed by atoms with Crippen LogP contribution >= 0.6 is 0 Å². The number of hydrogen-bond acceptors (Lipinski definition) is 5. The van der Waals surface area contributed by atoms with E-state index in [9.17, 15) is 22.8 Å². The molecule has 0 amide bonds. The van der Waals surface area contributed by atoms with Crippen molar-refractivity contribution in [3.8, 4) is 28.2 Å². The number of aromatic amines is 1. The summed E-state index contributed by atoms with van der Waals surface area (Å²) in [5.41, 5.74) is 3.04. The molecule has 1 N–H and O–H groups in total. The van der Waals surface area contributed by atoms with Gasteiger partial charge in [-0.15, -0.1) is 5.10 Å². The summed E-state index contributed by atoms with van der Waals surface area (Å²) < 4.78 is 42.7. The fourth-order valence-corrected chi connectivity index (χ4v) is 4.84. The molecule has 5 rings (SSSR count). The first kappa shape index (κ1) is 27.8. The van der Waals surface area contributed by atoms with Gasteiger partial charge in [0, 0.05) is 17.5 Å². The van der Waals surface area contributed by atoms with Crippen LogP contribution in [0.3, 0.4) is 0 Å². The quantitative estimate of drug-likeness (QED) is 0.167. The molecule has 2 heterocycles. The predicted molar refractivity (Wildman–Crippen MR) is 148 cm³/mol. The van der Waals surface area contributed by atoms with Crippen LogP contribution in [-0.2, 0) is 13.0 Å². The molecule has 0 fully saturated rings. The minimum absolute atomic E-state index is 0.0934. The predicted octanol–water partition coefficient (Wildman–Crippen LogP) is 6.01. The molecular formula is C30H27F3N6O2. The van der Waals surface area contributed by atoms with E-state index in [1.165, 1.54) is 18.2 Å². The third-order valence-corrected chi connectivity index (χ3v) is 6.90. The van der Waals surface area contributed by atoms with Crippen LogP contribution in [0.4, 0.5) is 13.2 Å². The third-order valence-electron chi connectivity index (χ3n) is 6.90. The summed E-state index contributed by atoms with van der Waals surface area (Å²) in [6.07, 6.45) is -0.206. The van der Waals surface area contributed by atoms with Gasteiger partial charge in [0.05, 0.1) is 17.8 Å². The number of tetrazole rings is 1. The van der Waals surface area contributed by atoms with Gasteiger partial charge in [0.1, 0.15) is 0 Å². The standard InChI is InChI=1S/C30H27F3N6O2/c1-2-3-4-9-22-19-39(26-13-8-7-12-25(26)27(40)30(31,32)33)29(41)38(22)18-20-14-16-21(17-15-20)23-10-5-6-11-24(23)28-34-36-37-35-28/h5-8,10-17,19H,2-4,9,18H2,1H3,(H,34,35,36,37).